The van der Waals surface area contributed by atoms with Crippen molar-refractivity contribution in [1.29, 1.82) is 0 Å². The number of hydrogen-bond donors (Lipinski definition) is 1. The van der Waals surface area contributed by atoms with Gasteiger partial charge in [-0.25, -0.2) is 6.57 Å². The highest BCUT2D eigenvalue weighted by molar-refractivity contribution is 5.82. The third kappa shape index (κ3) is 1.41. The van der Waals surface area contributed by atoms with Gasteiger partial charge in [-0.15, -0.1) is 0 Å². The number of fused-ring (bicyclic) bond motifs is 1. The van der Waals surface area contributed by atoms with Gasteiger partial charge < -0.3 is 9.83 Å². The van der Waals surface area contributed by atoms with Crippen molar-refractivity contribution in [2.24, 2.45) is 0 Å². The topological polar surface area (TPSA) is 20.1 Å². The molecule has 2 nitrogen and oxygen atoms in total. The lowest BCUT2D eigenvalue weighted by molar-refractivity contribution is 1.09. The second-order valence-corrected chi connectivity index (χ2v) is 2.99. The van der Waals surface area contributed by atoms with E-state index in [1.54, 1.807) is 0 Å². The normalized spacial score (nSPS) is 10.1. The number of H-pyrrole nitrogens is 1. The van der Waals surface area contributed by atoms with E-state index < -0.39 is 0 Å². The molecule has 1 aromatic heterocycles. The van der Waals surface area contributed by atoms with Gasteiger partial charge in [-0.2, -0.15) is 0 Å². The molecule has 2 rings (SSSR count). The van der Waals surface area contributed by atoms with Gasteiger partial charge in [-0.3, -0.25) is 0 Å². The van der Waals surface area contributed by atoms with E-state index in [-0.39, 0.29) is 0 Å². The summed E-state index contributed by atoms with van der Waals surface area (Å²) in [4.78, 5) is 6.55. The highest BCUT2D eigenvalue weighted by Gasteiger charge is 2.01. The molecule has 1 heterocycles. The molecule has 1 N–H and O–H groups in total. The van der Waals surface area contributed by atoms with Crippen molar-refractivity contribution in [2.75, 3.05) is 6.54 Å². The Morgan fingerprint density at radius 2 is 2.23 bits per heavy atom. The van der Waals surface area contributed by atoms with Crippen molar-refractivity contribution in [2.45, 2.75) is 6.42 Å². The predicted molar refractivity (Wildman–Crippen MR) is 53.5 cm³/mol. The summed E-state index contributed by atoms with van der Waals surface area (Å²) in [6.07, 6.45) is 2.77. The predicted octanol–water partition coefficient (Wildman–Crippen LogP) is 2.63. The maximum absolute atomic E-state index is 6.74. The van der Waals surface area contributed by atoms with Gasteiger partial charge in [0.1, 0.15) is 0 Å². The maximum atomic E-state index is 6.74. The fraction of sp³-hybridized carbons (Fsp3) is 0.182. The van der Waals surface area contributed by atoms with Crippen molar-refractivity contribution >= 4 is 10.9 Å². The van der Waals surface area contributed by atoms with Crippen LogP contribution in [0.5, 0.6) is 0 Å². The molecule has 0 spiro atoms. The smallest absolute Gasteiger partial charge is 0.218 e. The zero-order valence-corrected chi connectivity index (χ0v) is 7.25. The Bertz CT molecular complexity index is 448. The lowest BCUT2D eigenvalue weighted by Gasteiger charge is -1.97. The first-order chi connectivity index (χ1) is 6.42. The average molecular weight is 170 g/mol. The van der Waals surface area contributed by atoms with Gasteiger partial charge in [-0.05, 0) is 17.0 Å². The van der Waals surface area contributed by atoms with E-state index in [1.807, 2.05) is 12.3 Å². The van der Waals surface area contributed by atoms with E-state index in [0.29, 0.717) is 6.54 Å². The summed E-state index contributed by atoms with van der Waals surface area (Å²) >= 11 is 0. The molecule has 0 radical (unpaired) electrons. The quantitative estimate of drug-likeness (QED) is 0.669. The second-order valence-electron chi connectivity index (χ2n) is 2.99. The fourth-order valence-corrected chi connectivity index (χ4v) is 1.53. The number of aromatic nitrogens is 1. The zero-order valence-electron chi connectivity index (χ0n) is 7.25. The van der Waals surface area contributed by atoms with E-state index in [2.05, 4.69) is 28.0 Å². The first kappa shape index (κ1) is 7.88. The Kier molecular flexibility index (Phi) is 2.01. The molecule has 0 unspecified atom stereocenters. The van der Waals surface area contributed by atoms with Crippen LogP contribution in [0.2, 0.25) is 0 Å². The molecule has 0 aliphatic heterocycles. The SMILES string of the molecule is [C-]#[N+]CCc1cccc2cc[nH]c12. The fourth-order valence-electron chi connectivity index (χ4n) is 1.53. The van der Waals surface area contributed by atoms with Gasteiger partial charge in [0, 0.05) is 18.1 Å². The molecule has 0 fully saturated rings. The lowest BCUT2D eigenvalue weighted by Crippen LogP contribution is -1.88. The monoisotopic (exact) mass is 170 g/mol. The molecule has 0 amide bonds. The van der Waals surface area contributed by atoms with Crippen LogP contribution >= 0.6 is 0 Å². The van der Waals surface area contributed by atoms with E-state index in [1.165, 1.54) is 16.5 Å². The molecule has 2 heteroatoms. The number of para-hydroxylation sites is 1. The number of benzene rings is 1. The molecule has 64 valence electrons. The Balaban J connectivity index is 2.44. The summed E-state index contributed by atoms with van der Waals surface area (Å²) in [6, 6.07) is 8.24. The molecule has 0 saturated carbocycles. The van der Waals surface area contributed by atoms with Gasteiger partial charge >= 0.3 is 0 Å². The minimum absolute atomic E-state index is 0.568. The number of aromatic amines is 1. The Morgan fingerprint density at radius 3 is 3.08 bits per heavy atom. The number of nitrogens with one attached hydrogen (secondary N) is 1. The molecule has 0 aliphatic rings. The maximum Gasteiger partial charge on any atom is 0.218 e. The van der Waals surface area contributed by atoms with Gasteiger partial charge in [0.25, 0.3) is 0 Å². The van der Waals surface area contributed by atoms with Crippen LogP contribution in [0.1, 0.15) is 5.56 Å². The Morgan fingerprint density at radius 1 is 1.31 bits per heavy atom. The first-order valence-electron chi connectivity index (χ1n) is 4.30. The van der Waals surface area contributed by atoms with Crippen molar-refractivity contribution < 1.29 is 0 Å². The number of hydrogen-bond acceptors (Lipinski definition) is 0. The van der Waals surface area contributed by atoms with E-state index in [9.17, 15) is 0 Å². The molecule has 0 atom stereocenters. The van der Waals surface area contributed by atoms with Gasteiger partial charge in [0.05, 0.1) is 0 Å². The lowest BCUT2D eigenvalue weighted by atomic mass is 10.1. The number of rotatable bonds is 2. The van der Waals surface area contributed by atoms with Gasteiger partial charge in [0.2, 0.25) is 6.54 Å². The second kappa shape index (κ2) is 3.32. The summed E-state index contributed by atoms with van der Waals surface area (Å²) in [5, 5.41) is 1.22. The first-order valence-corrected chi connectivity index (χ1v) is 4.30. The van der Waals surface area contributed by atoms with Crippen LogP contribution in [0.3, 0.4) is 0 Å². The van der Waals surface area contributed by atoms with Crippen molar-refractivity contribution in [3.05, 3.63) is 47.4 Å². The molecule has 0 aliphatic carbocycles. The van der Waals surface area contributed by atoms with Crippen LogP contribution in [-0.2, 0) is 6.42 Å². The van der Waals surface area contributed by atoms with Crippen molar-refractivity contribution in [1.82, 2.24) is 4.98 Å². The van der Waals surface area contributed by atoms with E-state index in [4.69, 9.17) is 6.57 Å². The molecular weight excluding hydrogens is 160 g/mol. The van der Waals surface area contributed by atoms with Crippen LogP contribution in [0.25, 0.3) is 15.7 Å². The molecular formula is C11H10N2. The molecule has 0 bridgehead atoms. The summed E-state index contributed by atoms with van der Waals surface area (Å²) in [7, 11) is 0. The van der Waals surface area contributed by atoms with Crippen LogP contribution in [0, 0.1) is 6.57 Å². The summed E-state index contributed by atoms with van der Waals surface area (Å²) in [5.74, 6) is 0. The van der Waals surface area contributed by atoms with Crippen LogP contribution in [-0.4, -0.2) is 11.5 Å². The molecule has 2 aromatic rings. The third-order valence-electron chi connectivity index (χ3n) is 2.17. The zero-order chi connectivity index (χ0) is 9.10. The average Bonchev–Trinajstić information content (AvgIpc) is 2.62. The van der Waals surface area contributed by atoms with Crippen molar-refractivity contribution in [3.8, 4) is 0 Å². The van der Waals surface area contributed by atoms with Crippen LogP contribution < -0.4 is 0 Å². The summed E-state index contributed by atoms with van der Waals surface area (Å²) in [5.41, 5.74) is 2.41. The van der Waals surface area contributed by atoms with Crippen molar-refractivity contribution in [3.63, 3.8) is 0 Å². The standard InChI is InChI=1S/C11H10N2/c1-12-7-5-9-3-2-4-10-6-8-13-11(9)10/h2-4,6,8,13H,5,7H2. The molecule has 13 heavy (non-hydrogen) atoms. The Hall–Kier alpha value is -1.75. The summed E-state index contributed by atoms with van der Waals surface area (Å²) < 4.78 is 0. The minimum atomic E-state index is 0.568. The van der Waals surface area contributed by atoms with Gasteiger partial charge in [-0.1, -0.05) is 18.2 Å². The van der Waals surface area contributed by atoms with Gasteiger partial charge in [0.15, 0.2) is 0 Å². The van der Waals surface area contributed by atoms with E-state index >= 15 is 0 Å². The Labute approximate surface area is 77.0 Å². The van der Waals surface area contributed by atoms with Crippen LogP contribution in [0.15, 0.2) is 30.5 Å². The number of nitrogens with zero attached hydrogens (tertiary/aromatic N) is 1. The molecule has 1 aromatic carbocycles. The van der Waals surface area contributed by atoms with Crippen LogP contribution in [0.4, 0.5) is 0 Å². The summed E-state index contributed by atoms with van der Waals surface area (Å²) in [6.45, 7) is 7.31. The minimum Gasteiger partial charge on any atom is -0.361 e. The molecule has 0 saturated heterocycles. The highest BCUT2D eigenvalue weighted by atomic mass is 14.7. The highest BCUT2D eigenvalue weighted by Crippen LogP contribution is 2.17. The third-order valence-corrected chi connectivity index (χ3v) is 2.17. The van der Waals surface area contributed by atoms with E-state index in [0.717, 1.165) is 6.42 Å². The largest absolute Gasteiger partial charge is 0.361 e.